The monoisotopic (exact) mass is 267 g/mol. The van der Waals surface area contributed by atoms with Crippen molar-refractivity contribution in [2.75, 3.05) is 13.2 Å². The van der Waals surface area contributed by atoms with Gasteiger partial charge in [0.15, 0.2) is 0 Å². The van der Waals surface area contributed by atoms with E-state index in [-0.39, 0.29) is 18.4 Å². The number of halogens is 2. The Morgan fingerprint density at radius 3 is 2.67 bits per heavy atom. The minimum absolute atomic E-state index is 0. The molecule has 1 aliphatic rings. The minimum Gasteiger partial charge on any atom is -0.381 e. The first kappa shape index (κ1) is 13.3. The topological polar surface area (TPSA) is 35.2 Å². The molecule has 0 spiro atoms. The molecule has 2 N–H and O–H groups in total. The van der Waals surface area contributed by atoms with Gasteiger partial charge in [0.25, 0.3) is 0 Å². The van der Waals surface area contributed by atoms with Crippen LogP contribution >= 0.6 is 35.3 Å². The van der Waals surface area contributed by atoms with Crippen LogP contribution in [0.2, 0.25) is 5.02 Å². The third-order valence-electron chi connectivity index (χ3n) is 2.72. The summed E-state index contributed by atoms with van der Waals surface area (Å²) < 4.78 is 5.31. The van der Waals surface area contributed by atoms with Gasteiger partial charge in [-0.25, -0.2) is 0 Å². The number of nitrogens with two attached hydrogens (primary N) is 1. The van der Waals surface area contributed by atoms with Crippen LogP contribution in [-0.2, 0) is 4.74 Å². The molecule has 0 amide bonds. The molecule has 1 aliphatic heterocycles. The van der Waals surface area contributed by atoms with Crippen molar-refractivity contribution in [3.8, 4) is 0 Å². The Morgan fingerprint density at radius 1 is 1.47 bits per heavy atom. The second kappa shape index (κ2) is 6.06. The first-order valence-electron chi connectivity index (χ1n) is 4.85. The highest BCUT2D eigenvalue weighted by Gasteiger charge is 2.24. The lowest BCUT2D eigenvalue weighted by Crippen LogP contribution is -2.26. The van der Waals surface area contributed by atoms with Crippen LogP contribution in [0.25, 0.3) is 0 Å². The molecule has 1 aromatic rings. The highest BCUT2D eigenvalue weighted by molar-refractivity contribution is 7.10. The smallest absolute Gasteiger partial charge is 0.0561 e. The summed E-state index contributed by atoms with van der Waals surface area (Å²) in [4.78, 5) is 1.12. The van der Waals surface area contributed by atoms with E-state index in [1.165, 1.54) is 0 Å². The molecular weight excluding hydrogens is 253 g/mol. The molecule has 1 saturated heterocycles. The summed E-state index contributed by atoms with van der Waals surface area (Å²) in [6.45, 7) is 1.67. The van der Waals surface area contributed by atoms with Crippen molar-refractivity contribution in [1.82, 2.24) is 0 Å². The first-order valence-corrected chi connectivity index (χ1v) is 6.11. The first-order chi connectivity index (χ1) is 6.79. The normalized spacial score (nSPS) is 19.6. The second-order valence-corrected chi connectivity index (χ2v) is 4.96. The number of hydrogen-bond donors (Lipinski definition) is 1. The van der Waals surface area contributed by atoms with E-state index < -0.39 is 0 Å². The Morgan fingerprint density at radius 2 is 2.13 bits per heavy atom. The van der Waals surface area contributed by atoms with Crippen molar-refractivity contribution in [1.29, 1.82) is 0 Å². The Labute approximate surface area is 105 Å². The van der Waals surface area contributed by atoms with E-state index >= 15 is 0 Å². The third-order valence-corrected chi connectivity index (χ3v) is 4.18. The number of hydrogen-bond acceptors (Lipinski definition) is 3. The maximum atomic E-state index is 6.19. The molecule has 2 heterocycles. The van der Waals surface area contributed by atoms with Gasteiger partial charge in [-0.1, -0.05) is 11.6 Å². The van der Waals surface area contributed by atoms with Gasteiger partial charge in [0.05, 0.1) is 5.02 Å². The SMILES string of the molecule is Cl.N[C@H](c1sccc1Cl)C1CCOCC1. The molecule has 1 aromatic heterocycles. The highest BCUT2D eigenvalue weighted by atomic mass is 35.5. The molecule has 0 bridgehead atoms. The van der Waals surface area contributed by atoms with Gasteiger partial charge >= 0.3 is 0 Å². The summed E-state index contributed by atoms with van der Waals surface area (Å²) in [7, 11) is 0. The molecule has 0 aliphatic carbocycles. The van der Waals surface area contributed by atoms with Gasteiger partial charge in [0.2, 0.25) is 0 Å². The fourth-order valence-electron chi connectivity index (χ4n) is 1.83. The van der Waals surface area contributed by atoms with E-state index in [0.29, 0.717) is 5.92 Å². The van der Waals surface area contributed by atoms with E-state index in [1.807, 2.05) is 11.4 Å². The Hall–Kier alpha value is 0.200. The van der Waals surface area contributed by atoms with E-state index in [9.17, 15) is 0 Å². The van der Waals surface area contributed by atoms with Crippen molar-refractivity contribution >= 4 is 35.3 Å². The Bertz CT molecular complexity index is 299. The maximum absolute atomic E-state index is 6.19. The molecule has 0 saturated carbocycles. The zero-order valence-corrected chi connectivity index (χ0v) is 10.7. The average molecular weight is 268 g/mol. The molecule has 2 nitrogen and oxygen atoms in total. The van der Waals surface area contributed by atoms with Crippen LogP contribution < -0.4 is 5.73 Å². The molecule has 1 fully saturated rings. The summed E-state index contributed by atoms with van der Waals surface area (Å²) >= 11 is 7.71. The number of rotatable bonds is 2. The van der Waals surface area contributed by atoms with Crippen LogP contribution in [0.1, 0.15) is 23.8 Å². The summed E-state index contributed by atoms with van der Waals surface area (Å²) in [5.41, 5.74) is 6.19. The van der Waals surface area contributed by atoms with E-state index in [2.05, 4.69) is 0 Å². The molecule has 86 valence electrons. The lowest BCUT2D eigenvalue weighted by atomic mass is 9.91. The van der Waals surface area contributed by atoms with Crippen molar-refractivity contribution in [3.63, 3.8) is 0 Å². The van der Waals surface area contributed by atoms with Crippen LogP contribution in [0.5, 0.6) is 0 Å². The van der Waals surface area contributed by atoms with E-state index in [4.69, 9.17) is 22.1 Å². The Kier molecular flexibility index (Phi) is 5.36. The molecule has 0 aromatic carbocycles. The van der Waals surface area contributed by atoms with Gasteiger partial charge in [0, 0.05) is 24.1 Å². The second-order valence-electron chi connectivity index (χ2n) is 3.61. The van der Waals surface area contributed by atoms with Gasteiger partial charge in [-0.05, 0) is 30.2 Å². The Balaban J connectivity index is 0.00000112. The average Bonchev–Trinajstić information content (AvgIpc) is 2.65. The summed E-state index contributed by atoms with van der Waals surface area (Å²) in [5, 5.41) is 2.81. The standard InChI is InChI=1S/C10H14ClNOS.ClH/c11-8-3-6-14-10(8)9(12)7-1-4-13-5-2-7;/h3,6-7,9H,1-2,4-5,12H2;1H/t9-;/m0./s1. The van der Waals surface area contributed by atoms with Crippen molar-refractivity contribution in [3.05, 3.63) is 21.3 Å². The predicted molar refractivity (Wildman–Crippen MR) is 67.0 cm³/mol. The highest BCUT2D eigenvalue weighted by Crippen LogP contribution is 2.35. The number of ether oxygens (including phenoxy) is 1. The molecule has 2 rings (SSSR count). The molecule has 0 unspecified atom stereocenters. The fourth-order valence-corrected chi connectivity index (χ4v) is 3.11. The van der Waals surface area contributed by atoms with Crippen LogP contribution in [-0.4, -0.2) is 13.2 Å². The quantitative estimate of drug-likeness (QED) is 0.893. The fraction of sp³-hybridized carbons (Fsp3) is 0.600. The van der Waals surface area contributed by atoms with Crippen molar-refractivity contribution in [2.45, 2.75) is 18.9 Å². The van der Waals surface area contributed by atoms with E-state index in [0.717, 1.165) is 36.0 Å². The molecular formula is C10H15Cl2NOS. The van der Waals surface area contributed by atoms with Crippen LogP contribution in [0, 0.1) is 5.92 Å². The summed E-state index contributed by atoms with van der Waals surface area (Å²) in [6.07, 6.45) is 2.10. The van der Waals surface area contributed by atoms with Gasteiger partial charge in [-0.15, -0.1) is 23.7 Å². The minimum atomic E-state index is 0. The summed E-state index contributed by atoms with van der Waals surface area (Å²) in [6, 6.07) is 2.01. The molecule has 0 radical (unpaired) electrons. The van der Waals surface area contributed by atoms with Crippen LogP contribution in [0.3, 0.4) is 0 Å². The van der Waals surface area contributed by atoms with Gasteiger partial charge < -0.3 is 10.5 Å². The number of thiophene rings is 1. The third kappa shape index (κ3) is 3.08. The lowest BCUT2D eigenvalue weighted by Gasteiger charge is -2.27. The van der Waals surface area contributed by atoms with Gasteiger partial charge in [-0.2, -0.15) is 0 Å². The van der Waals surface area contributed by atoms with Crippen LogP contribution in [0.15, 0.2) is 11.4 Å². The summed E-state index contributed by atoms with van der Waals surface area (Å²) in [5.74, 6) is 0.528. The zero-order valence-electron chi connectivity index (χ0n) is 8.32. The molecule has 1 atom stereocenters. The van der Waals surface area contributed by atoms with Crippen molar-refractivity contribution < 1.29 is 4.74 Å². The van der Waals surface area contributed by atoms with E-state index in [1.54, 1.807) is 11.3 Å². The zero-order chi connectivity index (χ0) is 9.97. The molecule has 5 heteroatoms. The maximum Gasteiger partial charge on any atom is 0.0561 e. The van der Waals surface area contributed by atoms with Crippen molar-refractivity contribution in [2.24, 2.45) is 11.7 Å². The largest absolute Gasteiger partial charge is 0.381 e. The lowest BCUT2D eigenvalue weighted by molar-refractivity contribution is 0.0587. The van der Waals surface area contributed by atoms with Gasteiger partial charge in [-0.3, -0.25) is 0 Å². The van der Waals surface area contributed by atoms with Gasteiger partial charge in [0.1, 0.15) is 0 Å². The molecule has 15 heavy (non-hydrogen) atoms. The predicted octanol–water partition coefficient (Wildman–Crippen LogP) is 3.25. The van der Waals surface area contributed by atoms with Crippen LogP contribution in [0.4, 0.5) is 0 Å².